The lowest BCUT2D eigenvalue weighted by atomic mass is 10.1. The van der Waals surface area contributed by atoms with E-state index in [-0.39, 0.29) is 11.1 Å². The minimum Gasteiger partial charge on any atom is -0.455 e. The summed E-state index contributed by atoms with van der Waals surface area (Å²) < 4.78 is 59.2. The second-order valence-electron chi connectivity index (χ2n) is 8.06. The van der Waals surface area contributed by atoms with Gasteiger partial charge in [-0.25, -0.2) is 22.0 Å². The summed E-state index contributed by atoms with van der Waals surface area (Å²) in [6.45, 7) is 1.84. The molecule has 1 fully saturated rings. The Labute approximate surface area is 195 Å². The molecule has 1 amide bonds. The molecular weight excluding hydrogens is 464 g/mol. The molecular formula is C25H21F2NO5S. The average Bonchev–Trinajstić information content (AvgIpc) is 3.09. The van der Waals surface area contributed by atoms with Crippen LogP contribution in [0.2, 0.25) is 0 Å². The highest BCUT2D eigenvalue weighted by Gasteiger charge is 2.46. The van der Waals surface area contributed by atoms with E-state index >= 15 is 0 Å². The summed E-state index contributed by atoms with van der Waals surface area (Å²) in [5.41, 5.74) is 0.593. The molecule has 6 nitrogen and oxygen atoms in total. The van der Waals surface area contributed by atoms with Crippen molar-refractivity contribution in [2.24, 2.45) is 0 Å². The third-order valence-electron chi connectivity index (χ3n) is 5.59. The summed E-state index contributed by atoms with van der Waals surface area (Å²) >= 11 is 0. The van der Waals surface area contributed by atoms with Gasteiger partial charge in [-0.2, -0.15) is 0 Å². The molecule has 0 N–H and O–H groups in total. The maximum atomic E-state index is 14.5. The van der Waals surface area contributed by atoms with Gasteiger partial charge in [-0.3, -0.25) is 4.79 Å². The Bertz CT molecular complexity index is 1340. The third-order valence-corrected chi connectivity index (χ3v) is 7.28. The number of carbonyl (C=O) groups excluding carboxylic acids is 2. The van der Waals surface area contributed by atoms with Crippen molar-refractivity contribution in [2.75, 3.05) is 16.4 Å². The number of anilines is 1. The van der Waals surface area contributed by atoms with Crippen LogP contribution in [0, 0.1) is 18.6 Å². The van der Waals surface area contributed by atoms with Crippen molar-refractivity contribution < 1.29 is 31.5 Å². The van der Waals surface area contributed by atoms with E-state index in [1.54, 1.807) is 24.3 Å². The zero-order chi connectivity index (χ0) is 24.5. The van der Waals surface area contributed by atoms with Crippen molar-refractivity contribution in [2.45, 2.75) is 19.1 Å². The number of benzene rings is 3. The highest BCUT2D eigenvalue weighted by molar-refractivity contribution is 7.91. The van der Waals surface area contributed by atoms with Crippen molar-refractivity contribution in [1.82, 2.24) is 0 Å². The van der Waals surface area contributed by atoms with Gasteiger partial charge in [-0.1, -0.05) is 42.0 Å². The van der Waals surface area contributed by atoms with Crippen LogP contribution in [0.4, 0.5) is 14.5 Å². The number of hydrogen-bond donors (Lipinski definition) is 0. The topological polar surface area (TPSA) is 80.8 Å². The number of sulfone groups is 1. The quantitative estimate of drug-likeness (QED) is 0.512. The van der Waals surface area contributed by atoms with Crippen LogP contribution in [0.5, 0.6) is 0 Å². The fourth-order valence-corrected chi connectivity index (χ4v) is 5.72. The molecule has 0 saturated carbocycles. The Kier molecular flexibility index (Phi) is 6.47. The molecule has 176 valence electrons. The highest BCUT2D eigenvalue weighted by Crippen LogP contribution is 2.30. The van der Waals surface area contributed by atoms with Gasteiger partial charge in [0.25, 0.3) is 5.91 Å². The molecule has 2 atom stereocenters. The van der Waals surface area contributed by atoms with Crippen molar-refractivity contribution in [1.29, 1.82) is 0 Å². The smallest absolute Gasteiger partial charge is 0.341 e. The number of ether oxygens (including phenoxy) is 1. The van der Waals surface area contributed by atoms with Crippen LogP contribution in [0.25, 0.3) is 0 Å². The fraction of sp³-hybridized carbons (Fsp3) is 0.200. The Hall–Kier alpha value is -3.59. The van der Waals surface area contributed by atoms with E-state index in [1.807, 2.05) is 6.92 Å². The molecule has 3 aromatic carbocycles. The van der Waals surface area contributed by atoms with Gasteiger partial charge in [0.15, 0.2) is 9.84 Å². The molecule has 1 aliphatic rings. The number of hydrogen-bond acceptors (Lipinski definition) is 5. The van der Waals surface area contributed by atoms with Crippen LogP contribution in [0.1, 0.15) is 26.3 Å². The molecule has 0 spiro atoms. The van der Waals surface area contributed by atoms with Crippen LogP contribution < -0.4 is 4.90 Å². The number of carbonyl (C=O) groups is 2. The van der Waals surface area contributed by atoms with Crippen LogP contribution in [0.15, 0.2) is 72.8 Å². The van der Waals surface area contributed by atoms with Crippen molar-refractivity contribution in [3.05, 3.63) is 101 Å². The predicted octanol–water partition coefficient (Wildman–Crippen LogP) is 3.94. The molecule has 3 aromatic rings. The standard InChI is InChI=1S/C25H21F2NO5S/c1-16-10-12-17(13-11-16)28(24(29)18-6-2-4-8-20(18)26)22-14-34(31,32)15-23(22)33-25(30)19-7-3-5-9-21(19)27/h2-13,22-23H,14-15H2,1H3. The van der Waals surface area contributed by atoms with E-state index in [4.69, 9.17) is 4.74 Å². The molecule has 0 bridgehead atoms. The first-order chi connectivity index (χ1) is 16.2. The molecule has 1 saturated heterocycles. The predicted molar refractivity (Wildman–Crippen MR) is 122 cm³/mol. The van der Waals surface area contributed by atoms with Crippen LogP contribution >= 0.6 is 0 Å². The molecule has 0 radical (unpaired) electrons. The fourth-order valence-electron chi connectivity index (χ4n) is 3.91. The van der Waals surface area contributed by atoms with Crippen LogP contribution in [-0.2, 0) is 14.6 Å². The monoisotopic (exact) mass is 485 g/mol. The summed E-state index contributed by atoms with van der Waals surface area (Å²) in [6, 6.07) is 16.0. The van der Waals surface area contributed by atoms with Gasteiger partial charge in [0.2, 0.25) is 0 Å². The highest BCUT2D eigenvalue weighted by atomic mass is 32.2. The van der Waals surface area contributed by atoms with Gasteiger partial charge in [-0.05, 0) is 43.3 Å². The van der Waals surface area contributed by atoms with Gasteiger partial charge in [0.1, 0.15) is 17.7 Å². The van der Waals surface area contributed by atoms with Gasteiger partial charge in [0.05, 0.1) is 28.7 Å². The van der Waals surface area contributed by atoms with E-state index in [2.05, 4.69) is 0 Å². The normalized spacial score (nSPS) is 18.9. The molecule has 4 rings (SSSR count). The van der Waals surface area contributed by atoms with E-state index in [0.29, 0.717) is 5.69 Å². The minimum atomic E-state index is -3.73. The summed E-state index contributed by atoms with van der Waals surface area (Å²) in [5.74, 6) is -4.47. The lowest BCUT2D eigenvalue weighted by Gasteiger charge is -2.32. The number of esters is 1. The molecule has 1 aliphatic heterocycles. The van der Waals surface area contributed by atoms with Crippen LogP contribution in [-0.4, -0.2) is 43.9 Å². The molecule has 1 heterocycles. The van der Waals surface area contributed by atoms with E-state index in [9.17, 15) is 26.8 Å². The lowest BCUT2D eigenvalue weighted by molar-refractivity contribution is 0.0309. The molecule has 34 heavy (non-hydrogen) atoms. The zero-order valence-corrected chi connectivity index (χ0v) is 19.0. The molecule has 9 heteroatoms. The first-order valence-corrected chi connectivity index (χ1v) is 12.3. The largest absolute Gasteiger partial charge is 0.455 e. The van der Waals surface area contributed by atoms with Gasteiger partial charge in [0, 0.05) is 5.69 Å². The average molecular weight is 486 g/mol. The second kappa shape index (κ2) is 9.34. The van der Waals surface area contributed by atoms with E-state index < -0.39 is 57.0 Å². The van der Waals surface area contributed by atoms with E-state index in [1.165, 1.54) is 36.4 Å². The third kappa shape index (κ3) is 4.84. The van der Waals surface area contributed by atoms with Crippen LogP contribution in [0.3, 0.4) is 0 Å². The second-order valence-corrected chi connectivity index (χ2v) is 10.2. The summed E-state index contributed by atoms with van der Waals surface area (Å²) in [4.78, 5) is 27.3. The van der Waals surface area contributed by atoms with Gasteiger partial charge >= 0.3 is 5.97 Å². The maximum Gasteiger partial charge on any atom is 0.341 e. The summed E-state index contributed by atoms with van der Waals surface area (Å²) in [6.07, 6.45) is -1.28. The SMILES string of the molecule is Cc1ccc(N(C(=O)c2ccccc2F)C2CS(=O)(=O)CC2OC(=O)c2ccccc2F)cc1. The number of amides is 1. The minimum absolute atomic E-state index is 0.258. The Morgan fingerprint density at radius 3 is 2.00 bits per heavy atom. The zero-order valence-electron chi connectivity index (χ0n) is 18.1. The first kappa shape index (κ1) is 23.6. The number of aryl methyl sites for hydroxylation is 1. The van der Waals surface area contributed by atoms with Crippen molar-refractivity contribution >= 4 is 27.4 Å². The number of halogens is 2. The summed E-state index contributed by atoms with van der Waals surface area (Å²) in [7, 11) is -3.73. The Balaban J connectivity index is 1.75. The van der Waals surface area contributed by atoms with Gasteiger partial charge < -0.3 is 9.64 Å². The maximum absolute atomic E-state index is 14.5. The number of nitrogens with zero attached hydrogens (tertiary/aromatic N) is 1. The first-order valence-electron chi connectivity index (χ1n) is 10.5. The number of rotatable bonds is 5. The van der Waals surface area contributed by atoms with Gasteiger partial charge in [-0.15, -0.1) is 0 Å². The van der Waals surface area contributed by atoms with Crippen molar-refractivity contribution in [3.8, 4) is 0 Å². The Morgan fingerprint density at radius 2 is 1.41 bits per heavy atom. The molecule has 0 aliphatic carbocycles. The summed E-state index contributed by atoms with van der Waals surface area (Å²) in [5, 5.41) is 0. The Morgan fingerprint density at radius 1 is 0.853 bits per heavy atom. The molecule has 2 unspecified atom stereocenters. The lowest BCUT2D eigenvalue weighted by Crippen LogP contribution is -2.48. The van der Waals surface area contributed by atoms with Crippen molar-refractivity contribution in [3.63, 3.8) is 0 Å². The van der Waals surface area contributed by atoms with E-state index in [0.717, 1.165) is 22.6 Å². The molecule has 0 aromatic heterocycles.